The number of esters is 2. The number of amides is 2. The largest absolute Gasteiger partial charge is 0.464 e. The van der Waals surface area contributed by atoms with E-state index in [2.05, 4.69) is 10.6 Å². The Labute approximate surface area is 163 Å². The van der Waals surface area contributed by atoms with Crippen molar-refractivity contribution in [1.29, 1.82) is 0 Å². The predicted octanol–water partition coefficient (Wildman–Crippen LogP) is 0.0197. The van der Waals surface area contributed by atoms with E-state index in [1.165, 1.54) is 13.8 Å². The lowest BCUT2D eigenvalue weighted by Gasteiger charge is -2.21. The van der Waals surface area contributed by atoms with Crippen molar-refractivity contribution < 1.29 is 28.7 Å². The number of carbonyl (C=O) groups excluding carboxylic acids is 4. The van der Waals surface area contributed by atoms with Gasteiger partial charge in [0, 0.05) is 0 Å². The quantitative estimate of drug-likeness (QED) is 0.477. The molecule has 3 atom stereocenters. The standard InChI is InChI=1S/C19H27N3O6/c1-4-27-19(26)13(3)21-18(25)15(22-17(24)12(2)20)10-16(23)28-11-14-8-6-5-7-9-14/h5-9,12-13,15H,4,10-11,20H2,1-3H3,(H,21,25)(H,22,24). The maximum absolute atomic E-state index is 12.4. The molecule has 0 aliphatic heterocycles. The van der Waals surface area contributed by atoms with Crippen molar-refractivity contribution in [2.24, 2.45) is 5.73 Å². The molecule has 2 amide bonds. The van der Waals surface area contributed by atoms with Crippen LogP contribution in [0.5, 0.6) is 0 Å². The number of benzene rings is 1. The summed E-state index contributed by atoms with van der Waals surface area (Å²) in [6.07, 6.45) is -0.410. The number of hydrogen-bond donors (Lipinski definition) is 3. The lowest BCUT2D eigenvalue weighted by Crippen LogP contribution is -2.54. The highest BCUT2D eigenvalue weighted by molar-refractivity contribution is 5.94. The van der Waals surface area contributed by atoms with Gasteiger partial charge in [0.2, 0.25) is 11.8 Å². The first-order chi connectivity index (χ1) is 13.2. The average molecular weight is 393 g/mol. The lowest BCUT2D eigenvalue weighted by molar-refractivity contribution is -0.148. The van der Waals surface area contributed by atoms with Crippen LogP contribution in [-0.4, -0.2) is 48.5 Å². The van der Waals surface area contributed by atoms with Crippen LogP contribution in [0.2, 0.25) is 0 Å². The summed E-state index contributed by atoms with van der Waals surface area (Å²) in [4.78, 5) is 48.1. The molecule has 9 nitrogen and oxygen atoms in total. The molecule has 0 saturated heterocycles. The second-order valence-corrected chi connectivity index (χ2v) is 6.18. The Kier molecular flexibility index (Phi) is 9.66. The van der Waals surface area contributed by atoms with Crippen molar-refractivity contribution in [2.45, 2.75) is 51.9 Å². The Morgan fingerprint density at radius 3 is 2.21 bits per heavy atom. The summed E-state index contributed by atoms with van der Waals surface area (Å²) < 4.78 is 9.97. The topological polar surface area (TPSA) is 137 Å². The van der Waals surface area contributed by atoms with Crippen molar-refractivity contribution in [3.8, 4) is 0 Å². The van der Waals surface area contributed by atoms with Gasteiger partial charge < -0.3 is 25.8 Å². The summed E-state index contributed by atoms with van der Waals surface area (Å²) in [6, 6.07) is 5.96. The molecule has 0 aromatic heterocycles. The smallest absolute Gasteiger partial charge is 0.328 e. The average Bonchev–Trinajstić information content (AvgIpc) is 2.66. The second-order valence-electron chi connectivity index (χ2n) is 6.18. The minimum atomic E-state index is -1.24. The fourth-order valence-corrected chi connectivity index (χ4v) is 2.12. The van der Waals surface area contributed by atoms with E-state index >= 15 is 0 Å². The van der Waals surface area contributed by atoms with Crippen molar-refractivity contribution in [3.05, 3.63) is 35.9 Å². The van der Waals surface area contributed by atoms with E-state index in [-0.39, 0.29) is 13.2 Å². The van der Waals surface area contributed by atoms with E-state index in [4.69, 9.17) is 15.2 Å². The molecule has 9 heteroatoms. The van der Waals surface area contributed by atoms with Gasteiger partial charge in [-0.25, -0.2) is 4.79 Å². The van der Waals surface area contributed by atoms with E-state index in [0.717, 1.165) is 5.56 Å². The minimum Gasteiger partial charge on any atom is -0.464 e. The van der Waals surface area contributed by atoms with Gasteiger partial charge in [-0.15, -0.1) is 0 Å². The monoisotopic (exact) mass is 393 g/mol. The summed E-state index contributed by atoms with van der Waals surface area (Å²) >= 11 is 0. The molecule has 0 fully saturated rings. The van der Waals surface area contributed by atoms with Crippen LogP contribution in [0.1, 0.15) is 32.8 Å². The molecule has 0 heterocycles. The lowest BCUT2D eigenvalue weighted by atomic mass is 10.1. The fraction of sp³-hybridized carbons (Fsp3) is 0.474. The third-order valence-electron chi connectivity index (χ3n) is 3.66. The predicted molar refractivity (Wildman–Crippen MR) is 101 cm³/mol. The number of carbonyl (C=O) groups is 4. The van der Waals surface area contributed by atoms with Crippen molar-refractivity contribution in [1.82, 2.24) is 10.6 Å². The Bertz CT molecular complexity index is 678. The molecule has 28 heavy (non-hydrogen) atoms. The number of rotatable bonds is 10. The molecule has 0 bridgehead atoms. The third kappa shape index (κ3) is 8.17. The Hall–Kier alpha value is -2.94. The van der Waals surface area contributed by atoms with Crippen molar-refractivity contribution >= 4 is 23.8 Å². The molecular weight excluding hydrogens is 366 g/mol. The molecule has 0 aliphatic carbocycles. The third-order valence-corrected chi connectivity index (χ3v) is 3.66. The van der Waals surface area contributed by atoms with E-state index in [0.29, 0.717) is 0 Å². The summed E-state index contributed by atoms with van der Waals surface area (Å²) in [7, 11) is 0. The van der Waals surface area contributed by atoms with Crippen LogP contribution in [-0.2, 0) is 35.3 Å². The Morgan fingerprint density at radius 1 is 1.00 bits per heavy atom. The van der Waals surface area contributed by atoms with Gasteiger partial charge in [0.15, 0.2) is 0 Å². The first-order valence-corrected chi connectivity index (χ1v) is 8.97. The van der Waals surface area contributed by atoms with Gasteiger partial charge in [-0.2, -0.15) is 0 Å². The zero-order chi connectivity index (χ0) is 21.1. The Balaban J connectivity index is 2.72. The molecule has 154 valence electrons. The number of nitrogens with one attached hydrogen (secondary N) is 2. The van der Waals surface area contributed by atoms with Crippen LogP contribution in [0, 0.1) is 0 Å². The Morgan fingerprint density at radius 2 is 1.64 bits per heavy atom. The van der Waals surface area contributed by atoms with E-state index < -0.39 is 48.3 Å². The van der Waals surface area contributed by atoms with Crippen LogP contribution in [0.3, 0.4) is 0 Å². The molecular formula is C19H27N3O6. The molecule has 1 aromatic rings. The van der Waals surface area contributed by atoms with Gasteiger partial charge in [0.05, 0.1) is 19.1 Å². The van der Waals surface area contributed by atoms with Crippen LogP contribution in [0.15, 0.2) is 30.3 Å². The molecule has 3 unspecified atom stereocenters. The minimum absolute atomic E-state index is 0.0362. The molecule has 1 aromatic carbocycles. The maximum Gasteiger partial charge on any atom is 0.328 e. The molecule has 0 saturated carbocycles. The zero-order valence-electron chi connectivity index (χ0n) is 16.3. The summed E-state index contributed by atoms with van der Waals surface area (Å²) in [5, 5.41) is 4.80. The normalized spacial score (nSPS) is 13.6. The number of nitrogens with two attached hydrogens (primary N) is 1. The first kappa shape index (κ1) is 23.1. The van der Waals surface area contributed by atoms with Gasteiger partial charge >= 0.3 is 11.9 Å². The van der Waals surface area contributed by atoms with E-state index in [9.17, 15) is 19.2 Å². The summed E-state index contributed by atoms with van der Waals surface area (Å²) in [5.74, 6) is -2.64. The van der Waals surface area contributed by atoms with Crippen LogP contribution in [0.4, 0.5) is 0 Å². The number of hydrogen-bond acceptors (Lipinski definition) is 7. The molecule has 0 aliphatic rings. The second kappa shape index (κ2) is 11.7. The first-order valence-electron chi connectivity index (χ1n) is 8.97. The summed E-state index contributed by atoms with van der Waals surface area (Å²) in [5.41, 5.74) is 6.29. The highest BCUT2D eigenvalue weighted by atomic mass is 16.5. The number of ether oxygens (including phenoxy) is 2. The fourth-order valence-electron chi connectivity index (χ4n) is 2.12. The van der Waals surface area contributed by atoms with Gasteiger partial charge in [0.1, 0.15) is 18.7 Å². The molecule has 0 radical (unpaired) electrons. The van der Waals surface area contributed by atoms with E-state index in [1.54, 1.807) is 31.2 Å². The van der Waals surface area contributed by atoms with Crippen molar-refractivity contribution in [3.63, 3.8) is 0 Å². The van der Waals surface area contributed by atoms with Gasteiger partial charge in [0.25, 0.3) is 0 Å². The summed E-state index contributed by atoms with van der Waals surface area (Å²) in [6.45, 7) is 4.72. The van der Waals surface area contributed by atoms with E-state index in [1.807, 2.05) is 6.07 Å². The highest BCUT2D eigenvalue weighted by Gasteiger charge is 2.28. The van der Waals surface area contributed by atoms with Gasteiger partial charge in [-0.05, 0) is 26.3 Å². The van der Waals surface area contributed by atoms with Crippen LogP contribution >= 0.6 is 0 Å². The molecule has 0 spiro atoms. The highest BCUT2D eigenvalue weighted by Crippen LogP contribution is 2.04. The van der Waals surface area contributed by atoms with Crippen LogP contribution < -0.4 is 16.4 Å². The van der Waals surface area contributed by atoms with Crippen molar-refractivity contribution in [2.75, 3.05) is 6.61 Å². The van der Waals surface area contributed by atoms with Crippen LogP contribution in [0.25, 0.3) is 0 Å². The van der Waals surface area contributed by atoms with Gasteiger partial charge in [-0.3, -0.25) is 14.4 Å². The molecule has 1 rings (SSSR count). The molecule has 4 N–H and O–H groups in total. The zero-order valence-corrected chi connectivity index (χ0v) is 16.3. The maximum atomic E-state index is 12.4. The van der Waals surface area contributed by atoms with Gasteiger partial charge in [-0.1, -0.05) is 30.3 Å². The SMILES string of the molecule is CCOC(=O)C(C)NC(=O)C(CC(=O)OCc1ccccc1)NC(=O)C(C)N.